The van der Waals surface area contributed by atoms with E-state index < -0.39 is 27.7 Å². The summed E-state index contributed by atoms with van der Waals surface area (Å²) in [6.07, 6.45) is 2.80. The van der Waals surface area contributed by atoms with E-state index in [0.717, 1.165) is 40.8 Å². The molecule has 2 aromatic carbocycles. The molecule has 1 aromatic heterocycles. The van der Waals surface area contributed by atoms with Crippen molar-refractivity contribution in [1.29, 1.82) is 0 Å². The van der Waals surface area contributed by atoms with Gasteiger partial charge in [-0.1, -0.05) is 24.3 Å². The van der Waals surface area contributed by atoms with Crippen molar-refractivity contribution in [3.05, 3.63) is 72.6 Å². The topological polar surface area (TPSA) is 121 Å². The third-order valence-corrected chi connectivity index (χ3v) is 10.5. The largest absolute Gasteiger partial charge is 0.497 e. The van der Waals surface area contributed by atoms with Gasteiger partial charge >= 0.3 is 0 Å². The summed E-state index contributed by atoms with van der Waals surface area (Å²) in [5.74, 6) is 0.546. The zero-order valence-corrected chi connectivity index (χ0v) is 24.4. The van der Waals surface area contributed by atoms with Crippen molar-refractivity contribution in [2.75, 3.05) is 33.4 Å². The Kier molecular flexibility index (Phi) is 7.93. The molecule has 2 atom stereocenters. The lowest BCUT2D eigenvalue weighted by Gasteiger charge is -2.43. The first-order chi connectivity index (χ1) is 20.3. The number of likely N-dealkylation sites (tertiary alicyclic amines) is 1. The fourth-order valence-electron chi connectivity index (χ4n) is 6.23. The number of aromatic nitrogens is 1. The number of aliphatic hydroxyl groups is 1. The van der Waals surface area contributed by atoms with Crippen molar-refractivity contribution in [3.63, 3.8) is 0 Å². The first kappa shape index (κ1) is 28.6. The predicted molar refractivity (Wildman–Crippen MR) is 156 cm³/mol. The number of aliphatic hydroxyl groups excluding tert-OH is 1. The Hall–Kier alpha value is -3.51. The minimum atomic E-state index is -4.15. The molecule has 0 unspecified atom stereocenters. The van der Waals surface area contributed by atoms with Gasteiger partial charge < -0.3 is 19.9 Å². The number of hydrogen-bond acceptors (Lipinski definition) is 8. The number of carbonyl (C=O) groups excluding carboxylic acids is 1. The van der Waals surface area contributed by atoms with Crippen LogP contribution in [0.25, 0.3) is 11.1 Å². The number of rotatable bonds is 4. The number of methoxy groups -OCH3 is 1. The van der Waals surface area contributed by atoms with Crippen LogP contribution in [0.3, 0.4) is 0 Å². The van der Waals surface area contributed by atoms with Crippen molar-refractivity contribution in [3.8, 4) is 22.6 Å². The molecular formula is C31H36N4O6S. The number of hydrogen-bond donors (Lipinski definition) is 2. The number of benzene rings is 2. The van der Waals surface area contributed by atoms with Crippen LogP contribution in [0.15, 0.2) is 71.8 Å². The van der Waals surface area contributed by atoms with Crippen molar-refractivity contribution in [1.82, 2.24) is 19.5 Å². The Bertz CT molecular complexity index is 1540. The van der Waals surface area contributed by atoms with Gasteiger partial charge in [-0.05, 0) is 60.4 Å². The van der Waals surface area contributed by atoms with E-state index in [-0.39, 0.29) is 36.1 Å². The first-order valence-corrected chi connectivity index (χ1v) is 15.8. The van der Waals surface area contributed by atoms with Gasteiger partial charge in [-0.25, -0.2) is 8.42 Å². The number of pyridine rings is 1. The summed E-state index contributed by atoms with van der Waals surface area (Å²) in [4.78, 5) is 20.5. The molecule has 0 radical (unpaired) electrons. The lowest BCUT2D eigenvalue weighted by Crippen LogP contribution is -2.59. The standard InChI is InChI=1S/C31H36N4O6S/c1-40-26-7-4-5-22(17-26)23-8-9-29-28(18-23)41-16-12-31(10-14-34(15-11-31)20-24-6-2-3-13-32-24)33-30(37)27-19-25(36)21-35(27)42(29,38)39/h2-9,13,17-18,25,27,36H,10-12,14-16,19-21H2,1H3,(H,33,37)/t25-,27+/m1/s1. The molecule has 1 amide bonds. The van der Waals surface area contributed by atoms with Crippen LogP contribution in [0.1, 0.15) is 31.4 Å². The van der Waals surface area contributed by atoms with Crippen LogP contribution in [0.4, 0.5) is 0 Å². The van der Waals surface area contributed by atoms with Crippen LogP contribution in [0.5, 0.6) is 11.5 Å². The molecule has 2 N–H and O–H groups in total. The molecule has 1 spiro atoms. The van der Waals surface area contributed by atoms with Gasteiger partial charge in [0.15, 0.2) is 0 Å². The quantitative estimate of drug-likeness (QED) is 0.475. The third-order valence-electron chi connectivity index (χ3n) is 8.62. The number of nitrogens with zero attached hydrogens (tertiary/aromatic N) is 3. The van der Waals surface area contributed by atoms with E-state index in [1.807, 2.05) is 42.5 Å². The summed E-state index contributed by atoms with van der Waals surface area (Å²) in [7, 11) is -2.55. The highest BCUT2D eigenvalue weighted by Gasteiger charge is 2.47. The van der Waals surface area contributed by atoms with Gasteiger partial charge in [0.2, 0.25) is 15.9 Å². The smallest absolute Gasteiger partial charge is 0.247 e. The average molecular weight is 593 g/mol. The van der Waals surface area contributed by atoms with E-state index in [1.54, 1.807) is 25.4 Å². The van der Waals surface area contributed by atoms with Gasteiger partial charge in [-0.2, -0.15) is 4.31 Å². The summed E-state index contributed by atoms with van der Waals surface area (Å²) in [5.41, 5.74) is 2.07. The molecule has 10 nitrogen and oxygen atoms in total. The van der Waals surface area contributed by atoms with Crippen LogP contribution >= 0.6 is 0 Å². The number of ether oxygens (including phenoxy) is 2. The minimum Gasteiger partial charge on any atom is -0.497 e. The predicted octanol–water partition coefficient (Wildman–Crippen LogP) is 2.81. The van der Waals surface area contributed by atoms with Crippen LogP contribution in [0, 0.1) is 0 Å². The average Bonchev–Trinajstić information content (AvgIpc) is 3.41. The van der Waals surface area contributed by atoms with Gasteiger partial charge in [0.1, 0.15) is 22.4 Å². The number of nitrogens with one attached hydrogen (secondary N) is 1. The molecular weight excluding hydrogens is 556 g/mol. The lowest BCUT2D eigenvalue weighted by atomic mass is 9.84. The molecule has 6 rings (SSSR count). The zero-order chi connectivity index (χ0) is 29.3. The SMILES string of the molecule is COc1cccc(-c2ccc3c(c2)OCCC2(CCN(Cc4ccccn4)CC2)NC(=O)[C@@H]2C[C@@H](O)CN2S3(=O)=O)c1. The van der Waals surface area contributed by atoms with Gasteiger partial charge in [0.25, 0.3) is 0 Å². The molecule has 222 valence electrons. The molecule has 0 saturated carbocycles. The Morgan fingerprint density at radius 1 is 1.07 bits per heavy atom. The molecule has 3 aromatic rings. The maximum Gasteiger partial charge on any atom is 0.247 e. The second-order valence-electron chi connectivity index (χ2n) is 11.3. The highest BCUT2D eigenvalue weighted by Crippen LogP contribution is 2.37. The molecule has 3 aliphatic heterocycles. The number of fused-ring (bicyclic) bond motifs is 2. The molecule has 2 fully saturated rings. The summed E-state index contributed by atoms with van der Waals surface area (Å²) in [6.45, 7) is 2.31. The first-order valence-electron chi connectivity index (χ1n) is 14.3. The van der Waals surface area contributed by atoms with E-state index in [0.29, 0.717) is 25.0 Å². The molecule has 2 saturated heterocycles. The molecule has 0 bridgehead atoms. The fraction of sp³-hybridized carbons (Fsp3) is 0.419. The second kappa shape index (κ2) is 11.6. The van der Waals surface area contributed by atoms with E-state index >= 15 is 0 Å². The Balaban J connectivity index is 1.31. The second-order valence-corrected chi connectivity index (χ2v) is 13.2. The van der Waals surface area contributed by atoms with E-state index in [2.05, 4.69) is 15.2 Å². The molecule has 3 aliphatic rings. The summed E-state index contributed by atoms with van der Waals surface area (Å²) >= 11 is 0. The normalized spacial score (nSPS) is 24.1. The molecule has 42 heavy (non-hydrogen) atoms. The van der Waals surface area contributed by atoms with E-state index in [1.165, 1.54) is 6.07 Å². The van der Waals surface area contributed by atoms with Crippen LogP contribution in [0.2, 0.25) is 0 Å². The highest BCUT2D eigenvalue weighted by molar-refractivity contribution is 7.89. The van der Waals surface area contributed by atoms with Crippen LogP contribution in [-0.2, 0) is 21.4 Å². The number of carbonyl (C=O) groups is 1. The third kappa shape index (κ3) is 5.74. The van der Waals surface area contributed by atoms with Crippen molar-refractivity contribution < 1.29 is 27.8 Å². The summed E-state index contributed by atoms with van der Waals surface area (Å²) in [6, 6.07) is 17.4. The van der Waals surface area contributed by atoms with Crippen molar-refractivity contribution in [2.24, 2.45) is 0 Å². The fourth-order valence-corrected chi connectivity index (χ4v) is 7.98. The molecule has 11 heteroatoms. The van der Waals surface area contributed by atoms with Gasteiger partial charge in [0.05, 0.1) is 25.5 Å². The number of piperidine rings is 1. The van der Waals surface area contributed by atoms with Crippen LogP contribution < -0.4 is 14.8 Å². The monoisotopic (exact) mass is 592 g/mol. The van der Waals surface area contributed by atoms with Gasteiger partial charge in [-0.3, -0.25) is 14.7 Å². The minimum absolute atomic E-state index is 0.0119. The molecule has 4 heterocycles. The summed E-state index contributed by atoms with van der Waals surface area (Å²) in [5, 5.41) is 13.7. The lowest BCUT2D eigenvalue weighted by molar-refractivity contribution is -0.127. The zero-order valence-electron chi connectivity index (χ0n) is 23.6. The van der Waals surface area contributed by atoms with E-state index in [4.69, 9.17) is 9.47 Å². The number of amides is 1. The maximum atomic E-state index is 14.0. The maximum absolute atomic E-state index is 14.0. The summed E-state index contributed by atoms with van der Waals surface area (Å²) < 4.78 is 40.7. The Labute approximate surface area is 246 Å². The van der Waals surface area contributed by atoms with Crippen molar-refractivity contribution >= 4 is 15.9 Å². The van der Waals surface area contributed by atoms with E-state index in [9.17, 15) is 18.3 Å². The number of sulfonamides is 1. The van der Waals surface area contributed by atoms with Crippen LogP contribution in [-0.4, -0.2) is 84.7 Å². The van der Waals surface area contributed by atoms with Crippen molar-refractivity contribution in [2.45, 2.75) is 54.8 Å². The van der Waals surface area contributed by atoms with Gasteiger partial charge in [0, 0.05) is 50.8 Å². The van der Waals surface area contributed by atoms with Gasteiger partial charge in [-0.15, -0.1) is 0 Å². The Morgan fingerprint density at radius 2 is 1.88 bits per heavy atom. The molecule has 0 aliphatic carbocycles. The Morgan fingerprint density at radius 3 is 2.64 bits per heavy atom. The highest BCUT2D eigenvalue weighted by atomic mass is 32.2.